The first kappa shape index (κ1) is 21.2. The summed E-state index contributed by atoms with van der Waals surface area (Å²) in [5, 5.41) is 1.11. The molecule has 0 aliphatic heterocycles. The van der Waals surface area contributed by atoms with E-state index in [0.29, 0.717) is 12.4 Å². The Balaban J connectivity index is 0.00000126. The summed E-state index contributed by atoms with van der Waals surface area (Å²) in [5.41, 5.74) is 9.08. The summed E-state index contributed by atoms with van der Waals surface area (Å²) in [7, 11) is 1.75. The number of hydrogen-bond donors (Lipinski definition) is 1. The Bertz CT molecular complexity index is 883. The van der Waals surface area contributed by atoms with Crippen LogP contribution < -0.4 is 5.73 Å². The molecule has 0 radical (unpaired) electrons. The molecule has 27 heavy (non-hydrogen) atoms. The molecule has 3 aromatic rings. The van der Waals surface area contributed by atoms with Crippen LogP contribution in [0, 0.1) is 5.41 Å². The Kier molecular flexibility index (Phi) is 7.19. The van der Waals surface area contributed by atoms with Crippen LogP contribution in [0.15, 0.2) is 24.3 Å². The van der Waals surface area contributed by atoms with E-state index in [2.05, 4.69) is 36.4 Å². The molecule has 148 valence electrons. The number of anilines is 1. The summed E-state index contributed by atoms with van der Waals surface area (Å²) in [6.07, 6.45) is 3.19. The monoisotopic (exact) mass is 370 g/mol. The van der Waals surface area contributed by atoms with Crippen molar-refractivity contribution in [3.05, 3.63) is 30.1 Å². The highest BCUT2D eigenvalue weighted by Crippen LogP contribution is 2.31. The van der Waals surface area contributed by atoms with Gasteiger partial charge in [-0.05, 0) is 12.5 Å². The van der Waals surface area contributed by atoms with E-state index in [1.807, 2.05) is 32.0 Å². The number of imidazole rings is 1. The van der Waals surface area contributed by atoms with Crippen LogP contribution in [-0.2, 0) is 17.7 Å². The molecule has 0 bridgehead atoms. The van der Waals surface area contributed by atoms with Gasteiger partial charge in [0.25, 0.3) is 0 Å². The Hall–Kier alpha value is -2.14. The number of unbranched alkanes of at least 4 members (excludes halogenated alkanes) is 1. The zero-order valence-corrected chi connectivity index (χ0v) is 17.7. The van der Waals surface area contributed by atoms with Crippen LogP contribution >= 0.6 is 0 Å². The minimum absolute atomic E-state index is 0.00246. The standard InChI is InChI=1S/C20H28N4O.C2H6/c1-5-6-11-16-23-17-18(24(16)12-20(2,3)13-25-4)14-9-7-8-10-15(14)22-19(17)21;1-2/h7-10H,5-6,11-13H2,1-4H3,(H2,21,22);1-2H3. The van der Waals surface area contributed by atoms with E-state index in [4.69, 9.17) is 15.5 Å². The molecular weight excluding hydrogens is 336 g/mol. The summed E-state index contributed by atoms with van der Waals surface area (Å²) in [4.78, 5) is 9.43. The lowest BCUT2D eigenvalue weighted by atomic mass is 9.94. The highest BCUT2D eigenvalue weighted by molar-refractivity contribution is 6.06. The Morgan fingerprint density at radius 2 is 1.85 bits per heavy atom. The fraction of sp³-hybridized carbons (Fsp3) is 0.545. The molecule has 0 saturated carbocycles. The van der Waals surface area contributed by atoms with Crippen LogP contribution in [0.3, 0.4) is 0 Å². The second-order valence-electron chi connectivity index (χ2n) is 7.53. The number of aryl methyl sites for hydroxylation is 1. The highest BCUT2D eigenvalue weighted by Gasteiger charge is 2.24. The maximum Gasteiger partial charge on any atom is 0.152 e. The van der Waals surface area contributed by atoms with Gasteiger partial charge in [-0.3, -0.25) is 0 Å². The van der Waals surface area contributed by atoms with Crippen molar-refractivity contribution in [2.45, 2.75) is 60.4 Å². The number of pyridine rings is 1. The third-order valence-electron chi connectivity index (χ3n) is 4.56. The molecule has 2 aromatic heterocycles. The van der Waals surface area contributed by atoms with Gasteiger partial charge in [-0.1, -0.05) is 59.2 Å². The number of nitrogens with two attached hydrogens (primary N) is 1. The maximum absolute atomic E-state index is 6.24. The maximum atomic E-state index is 6.24. The summed E-state index contributed by atoms with van der Waals surface area (Å²) < 4.78 is 7.77. The van der Waals surface area contributed by atoms with Gasteiger partial charge in [-0.2, -0.15) is 0 Å². The molecule has 3 rings (SSSR count). The van der Waals surface area contributed by atoms with Crippen LogP contribution in [0.2, 0.25) is 0 Å². The molecule has 2 heterocycles. The SMILES string of the molecule is CC.CCCCc1nc2c(N)nc3ccccc3c2n1CC(C)(C)COC. The average molecular weight is 371 g/mol. The third-order valence-corrected chi connectivity index (χ3v) is 4.56. The second-order valence-corrected chi connectivity index (χ2v) is 7.53. The van der Waals surface area contributed by atoms with Crippen LogP contribution in [0.4, 0.5) is 5.82 Å². The molecule has 0 spiro atoms. The van der Waals surface area contributed by atoms with Crippen LogP contribution in [0.5, 0.6) is 0 Å². The molecule has 5 heteroatoms. The number of benzene rings is 1. The number of rotatable bonds is 7. The quantitative estimate of drug-likeness (QED) is 0.620. The van der Waals surface area contributed by atoms with Crippen molar-refractivity contribution in [3.63, 3.8) is 0 Å². The van der Waals surface area contributed by atoms with Crippen molar-refractivity contribution in [3.8, 4) is 0 Å². The molecule has 0 unspecified atom stereocenters. The van der Waals surface area contributed by atoms with Crippen molar-refractivity contribution in [2.75, 3.05) is 19.5 Å². The summed E-state index contributed by atoms with van der Waals surface area (Å²) in [6.45, 7) is 12.2. The Labute approximate surface area is 162 Å². The van der Waals surface area contributed by atoms with Crippen molar-refractivity contribution < 1.29 is 4.74 Å². The summed E-state index contributed by atoms with van der Waals surface area (Å²) in [5.74, 6) is 1.60. The van der Waals surface area contributed by atoms with Crippen LogP contribution in [0.25, 0.3) is 21.9 Å². The molecule has 0 aliphatic rings. The van der Waals surface area contributed by atoms with Crippen molar-refractivity contribution in [2.24, 2.45) is 5.41 Å². The zero-order chi connectivity index (χ0) is 20.0. The predicted molar refractivity (Wildman–Crippen MR) is 115 cm³/mol. The largest absolute Gasteiger partial charge is 0.384 e. The van der Waals surface area contributed by atoms with Gasteiger partial charge in [0.05, 0.1) is 17.6 Å². The van der Waals surface area contributed by atoms with Gasteiger partial charge in [0.1, 0.15) is 11.3 Å². The van der Waals surface area contributed by atoms with Gasteiger partial charge in [-0.25, -0.2) is 9.97 Å². The molecule has 0 fully saturated rings. The fourth-order valence-corrected chi connectivity index (χ4v) is 3.47. The second kappa shape index (κ2) is 9.18. The molecule has 1 aromatic carbocycles. The lowest BCUT2D eigenvalue weighted by Crippen LogP contribution is -2.26. The molecule has 0 atom stereocenters. The van der Waals surface area contributed by atoms with E-state index in [1.165, 1.54) is 0 Å². The number of para-hydroxylation sites is 1. The van der Waals surface area contributed by atoms with Gasteiger partial charge in [0, 0.05) is 30.9 Å². The molecular formula is C22H34N4O. The molecule has 0 aliphatic carbocycles. The van der Waals surface area contributed by atoms with E-state index >= 15 is 0 Å². The average Bonchev–Trinajstić information content (AvgIpc) is 3.00. The van der Waals surface area contributed by atoms with Crippen molar-refractivity contribution in [1.82, 2.24) is 14.5 Å². The lowest BCUT2D eigenvalue weighted by Gasteiger charge is -2.26. The van der Waals surface area contributed by atoms with Crippen molar-refractivity contribution in [1.29, 1.82) is 0 Å². The number of hydrogen-bond acceptors (Lipinski definition) is 4. The minimum atomic E-state index is 0.00246. The smallest absolute Gasteiger partial charge is 0.152 e. The molecule has 0 saturated heterocycles. The minimum Gasteiger partial charge on any atom is -0.384 e. The lowest BCUT2D eigenvalue weighted by molar-refractivity contribution is 0.0921. The van der Waals surface area contributed by atoms with Crippen LogP contribution in [0.1, 0.15) is 53.3 Å². The normalized spacial score (nSPS) is 11.6. The topological polar surface area (TPSA) is 66.0 Å². The number of fused-ring (bicyclic) bond motifs is 3. The van der Waals surface area contributed by atoms with Gasteiger partial charge in [0.2, 0.25) is 0 Å². The van der Waals surface area contributed by atoms with E-state index in [1.54, 1.807) is 7.11 Å². The fourth-order valence-electron chi connectivity index (χ4n) is 3.47. The highest BCUT2D eigenvalue weighted by atomic mass is 16.5. The summed E-state index contributed by atoms with van der Waals surface area (Å²) in [6, 6.07) is 8.15. The van der Waals surface area contributed by atoms with Gasteiger partial charge < -0.3 is 15.0 Å². The number of ether oxygens (including phenoxy) is 1. The number of methoxy groups -OCH3 is 1. The van der Waals surface area contributed by atoms with Gasteiger partial charge in [0.15, 0.2) is 5.82 Å². The van der Waals surface area contributed by atoms with E-state index < -0.39 is 0 Å². The molecule has 2 N–H and O–H groups in total. The molecule has 5 nitrogen and oxygen atoms in total. The summed E-state index contributed by atoms with van der Waals surface area (Å²) >= 11 is 0. The predicted octanol–water partition coefficient (Wildman–Crippen LogP) is 5.21. The van der Waals surface area contributed by atoms with Gasteiger partial charge >= 0.3 is 0 Å². The Morgan fingerprint density at radius 1 is 1.15 bits per heavy atom. The number of nitrogen functional groups attached to an aromatic ring is 1. The first-order valence-electron chi connectivity index (χ1n) is 9.99. The number of aromatic nitrogens is 3. The first-order valence-corrected chi connectivity index (χ1v) is 9.99. The van der Waals surface area contributed by atoms with E-state index in [-0.39, 0.29) is 5.41 Å². The van der Waals surface area contributed by atoms with Crippen LogP contribution in [-0.4, -0.2) is 28.3 Å². The Morgan fingerprint density at radius 3 is 2.52 bits per heavy atom. The van der Waals surface area contributed by atoms with E-state index in [9.17, 15) is 0 Å². The first-order chi connectivity index (χ1) is 13.0. The van der Waals surface area contributed by atoms with Crippen molar-refractivity contribution >= 4 is 27.8 Å². The zero-order valence-electron chi connectivity index (χ0n) is 17.7. The third kappa shape index (κ3) is 4.59. The number of nitrogens with zero attached hydrogens (tertiary/aromatic N) is 3. The van der Waals surface area contributed by atoms with Gasteiger partial charge in [-0.15, -0.1) is 0 Å². The molecule has 0 amide bonds. The van der Waals surface area contributed by atoms with E-state index in [0.717, 1.165) is 53.6 Å².